The van der Waals surface area contributed by atoms with Crippen LogP contribution in [0.15, 0.2) is 18.2 Å². The molecule has 1 heterocycles. The SMILES string of the molecule is CC(NC1(C(F)(F)F)CC1)c1ccc2c(c1)NC(=O)CO2. The van der Waals surface area contributed by atoms with Crippen molar-refractivity contribution in [1.29, 1.82) is 0 Å². The number of benzene rings is 1. The number of carbonyl (C=O) groups is 1. The van der Waals surface area contributed by atoms with Crippen LogP contribution < -0.4 is 15.4 Å². The van der Waals surface area contributed by atoms with Gasteiger partial charge in [0.1, 0.15) is 11.3 Å². The summed E-state index contributed by atoms with van der Waals surface area (Å²) in [7, 11) is 0. The summed E-state index contributed by atoms with van der Waals surface area (Å²) in [6.45, 7) is 1.64. The van der Waals surface area contributed by atoms with E-state index < -0.39 is 17.8 Å². The maximum atomic E-state index is 13.0. The van der Waals surface area contributed by atoms with Crippen molar-refractivity contribution >= 4 is 11.6 Å². The Morgan fingerprint density at radius 3 is 2.71 bits per heavy atom. The van der Waals surface area contributed by atoms with Gasteiger partial charge in [-0.2, -0.15) is 13.2 Å². The predicted molar refractivity (Wildman–Crippen MR) is 70.1 cm³/mol. The van der Waals surface area contributed by atoms with Gasteiger partial charge in [0.15, 0.2) is 6.61 Å². The third kappa shape index (κ3) is 2.57. The molecule has 2 N–H and O–H groups in total. The molecule has 1 amide bonds. The molecule has 1 saturated carbocycles. The summed E-state index contributed by atoms with van der Waals surface area (Å²) in [4.78, 5) is 11.3. The first-order valence-corrected chi connectivity index (χ1v) is 6.72. The summed E-state index contributed by atoms with van der Waals surface area (Å²) < 4.78 is 44.1. The van der Waals surface area contributed by atoms with Crippen molar-refractivity contribution < 1.29 is 22.7 Å². The summed E-state index contributed by atoms with van der Waals surface area (Å²) in [5.41, 5.74) is -0.591. The van der Waals surface area contributed by atoms with Gasteiger partial charge < -0.3 is 10.1 Å². The minimum absolute atomic E-state index is 0.0443. The van der Waals surface area contributed by atoms with Crippen LogP contribution in [0.2, 0.25) is 0 Å². The molecule has 2 aliphatic rings. The Morgan fingerprint density at radius 2 is 2.10 bits per heavy atom. The number of alkyl halides is 3. The van der Waals surface area contributed by atoms with E-state index in [9.17, 15) is 18.0 Å². The highest BCUT2D eigenvalue weighted by Crippen LogP contribution is 2.50. The second kappa shape index (κ2) is 4.62. The van der Waals surface area contributed by atoms with Crippen LogP contribution in [0, 0.1) is 0 Å². The van der Waals surface area contributed by atoms with Crippen molar-refractivity contribution in [2.75, 3.05) is 11.9 Å². The summed E-state index contributed by atoms with van der Waals surface area (Å²) in [5.74, 6) is 0.261. The molecule has 21 heavy (non-hydrogen) atoms. The fourth-order valence-electron chi connectivity index (χ4n) is 2.50. The van der Waals surface area contributed by atoms with Crippen LogP contribution in [-0.2, 0) is 4.79 Å². The first kappa shape index (κ1) is 14.2. The number of hydrogen-bond donors (Lipinski definition) is 2. The fraction of sp³-hybridized carbons (Fsp3) is 0.500. The van der Waals surface area contributed by atoms with E-state index in [1.54, 1.807) is 25.1 Å². The average Bonchev–Trinajstić information content (AvgIpc) is 3.18. The maximum Gasteiger partial charge on any atom is 0.406 e. The van der Waals surface area contributed by atoms with Crippen molar-refractivity contribution in [3.05, 3.63) is 23.8 Å². The molecule has 7 heteroatoms. The van der Waals surface area contributed by atoms with E-state index in [0.717, 1.165) is 0 Å². The zero-order chi connectivity index (χ0) is 15.3. The lowest BCUT2D eigenvalue weighted by molar-refractivity contribution is -0.167. The molecule has 1 unspecified atom stereocenters. The summed E-state index contributed by atoms with van der Waals surface area (Å²) in [6.07, 6.45) is -4.04. The summed E-state index contributed by atoms with van der Waals surface area (Å²) in [6, 6.07) is 4.55. The number of halogens is 3. The molecule has 1 atom stereocenters. The van der Waals surface area contributed by atoms with Crippen LogP contribution in [0.3, 0.4) is 0 Å². The minimum Gasteiger partial charge on any atom is -0.482 e. The zero-order valence-corrected chi connectivity index (χ0v) is 11.4. The van der Waals surface area contributed by atoms with Crippen molar-refractivity contribution in [3.8, 4) is 5.75 Å². The van der Waals surface area contributed by atoms with Crippen molar-refractivity contribution in [2.45, 2.75) is 37.5 Å². The maximum absolute atomic E-state index is 13.0. The second-order valence-electron chi connectivity index (χ2n) is 5.54. The Balaban J connectivity index is 1.78. The Bertz CT molecular complexity index is 582. The van der Waals surface area contributed by atoms with Crippen molar-refractivity contribution in [3.63, 3.8) is 0 Å². The minimum atomic E-state index is -4.24. The number of hydrogen-bond acceptors (Lipinski definition) is 3. The normalized spacial score (nSPS) is 21.0. The Morgan fingerprint density at radius 1 is 1.38 bits per heavy atom. The fourth-order valence-corrected chi connectivity index (χ4v) is 2.50. The number of fused-ring (bicyclic) bond motifs is 1. The molecule has 1 aliphatic carbocycles. The second-order valence-corrected chi connectivity index (χ2v) is 5.54. The van der Waals surface area contributed by atoms with E-state index in [4.69, 9.17) is 4.74 Å². The lowest BCUT2D eigenvalue weighted by Gasteiger charge is -2.26. The Hall–Kier alpha value is -1.76. The monoisotopic (exact) mass is 300 g/mol. The van der Waals surface area contributed by atoms with Crippen molar-refractivity contribution in [2.24, 2.45) is 0 Å². The number of rotatable bonds is 3. The largest absolute Gasteiger partial charge is 0.482 e. The van der Waals surface area contributed by atoms with E-state index in [0.29, 0.717) is 17.0 Å². The molecule has 1 aromatic rings. The van der Waals surface area contributed by atoms with Gasteiger partial charge >= 0.3 is 6.18 Å². The van der Waals surface area contributed by atoms with Gasteiger partial charge in [-0.15, -0.1) is 0 Å². The Kier molecular flexibility index (Phi) is 3.12. The van der Waals surface area contributed by atoms with Crippen LogP contribution >= 0.6 is 0 Å². The van der Waals surface area contributed by atoms with Gasteiger partial charge in [-0.3, -0.25) is 10.1 Å². The molecule has 114 valence electrons. The molecule has 1 aromatic carbocycles. The van der Waals surface area contributed by atoms with Gasteiger partial charge in [0.25, 0.3) is 5.91 Å². The highest BCUT2D eigenvalue weighted by Gasteiger charge is 2.63. The number of ether oxygens (including phenoxy) is 1. The molecule has 1 fully saturated rings. The van der Waals surface area contributed by atoms with Gasteiger partial charge in [0.05, 0.1) is 5.69 Å². The van der Waals surface area contributed by atoms with Crippen LogP contribution in [0.1, 0.15) is 31.4 Å². The topological polar surface area (TPSA) is 50.4 Å². The number of amides is 1. The van der Waals surface area contributed by atoms with Gasteiger partial charge in [-0.25, -0.2) is 0 Å². The number of anilines is 1. The van der Waals surface area contributed by atoms with Crippen LogP contribution in [0.25, 0.3) is 0 Å². The van der Waals surface area contributed by atoms with Crippen molar-refractivity contribution in [1.82, 2.24) is 5.32 Å². The standard InChI is InChI=1S/C14H15F3N2O2/c1-8(19-13(4-5-13)14(15,16)17)9-2-3-11-10(6-9)18-12(20)7-21-11/h2-3,6,8,19H,4-5,7H2,1H3,(H,18,20). The van der Waals surface area contributed by atoms with E-state index in [1.165, 1.54) is 0 Å². The third-order valence-electron chi connectivity index (χ3n) is 3.92. The van der Waals surface area contributed by atoms with Gasteiger partial charge in [-0.1, -0.05) is 6.07 Å². The first-order valence-electron chi connectivity index (χ1n) is 6.72. The molecule has 0 aromatic heterocycles. The molecule has 0 saturated heterocycles. The molecular formula is C14H15F3N2O2. The zero-order valence-electron chi connectivity index (χ0n) is 11.4. The lowest BCUT2D eigenvalue weighted by Crippen LogP contribution is -2.45. The predicted octanol–water partition coefficient (Wildman–Crippen LogP) is 2.76. The molecule has 0 spiro atoms. The quantitative estimate of drug-likeness (QED) is 0.902. The van der Waals surface area contributed by atoms with Gasteiger partial charge in [-0.05, 0) is 37.5 Å². The highest BCUT2D eigenvalue weighted by atomic mass is 19.4. The molecule has 3 rings (SSSR count). The van der Waals surface area contributed by atoms with Crippen LogP contribution in [0.5, 0.6) is 5.75 Å². The van der Waals surface area contributed by atoms with Gasteiger partial charge in [0, 0.05) is 6.04 Å². The molecule has 0 bridgehead atoms. The van der Waals surface area contributed by atoms with E-state index in [2.05, 4.69) is 10.6 Å². The molecule has 1 aliphatic heterocycles. The molecule has 0 radical (unpaired) electrons. The van der Waals surface area contributed by atoms with E-state index in [-0.39, 0.29) is 25.4 Å². The Labute approximate surface area is 119 Å². The van der Waals surface area contributed by atoms with Crippen LogP contribution in [0.4, 0.5) is 18.9 Å². The number of carbonyl (C=O) groups excluding carboxylic acids is 1. The average molecular weight is 300 g/mol. The molecular weight excluding hydrogens is 285 g/mol. The molecule has 4 nitrogen and oxygen atoms in total. The summed E-state index contributed by atoms with van der Waals surface area (Å²) >= 11 is 0. The highest BCUT2D eigenvalue weighted by molar-refractivity contribution is 5.95. The van der Waals surface area contributed by atoms with E-state index in [1.807, 2.05) is 0 Å². The first-order chi connectivity index (χ1) is 9.81. The third-order valence-corrected chi connectivity index (χ3v) is 3.92. The summed E-state index contributed by atoms with van der Waals surface area (Å²) in [5, 5.41) is 5.31. The lowest BCUT2D eigenvalue weighted by atomic mass is 10.0. The smallest absolute Gasteiger partial charge is 0.406 e. The van der Waals surface area contributed by atoms with Gasteiger partial charge in [0.2, 0.25) is 0 Å². The number of nitrogens with one attached hydrogen (secondary N) is 2. The van der Waals surface area contributed by atoms with E-state index >= 15 is 0 Å². The van der Waals surface area contributed by atoms with Crippen LogP contribution in [-0.4, -0.2) is 24.2 Å².